The predicted molar refractivity (Wildman–Crippen MR) is 202 cm³/mol. The molecule has 0 spiro atoms. The third kappa shape index (κ3) is 4.80. The maximum absolute atomic E-state index is 2.46. The van der Waals surface area contributed by atoms with E-state index in [0.717, 1.165) is 11.4 Å². The minimum atomic E-state index is 0.144. The van der Waals surface area contributed by atoms with Crippen LogP contribution in [0, 0.1) is 0 Å². The maximum atomic E-state index is 2.46. The number of rotatable bonds is 6. The van der Waals surface area contributed by atoms with Gasteiger partial charge in [0.25, 0.3) is 0 Å². The van der Waals surface area contributed by atoms with Crippen LogP contribution in [0.2, 0.25) is 0 Å². The topological polar surface area (TPSA) is 3.24 Å². The summed E-state index contributed by atoms with van der Waals surface area (Å²) < 4.78 is 0. The number of anilines is 3. The van der Waals surface area contributed by atoms with Crippen molar-refractivity contribution in [2.24, 2.45) is 0 Å². The molecule has 0 N–H and O–H groups in total. The number of nitrogens with zero attached hydrogens (tertiary/aromatic N) is 1. The van der Waals surface area contributed by atoms with Crippen molar-refractivity contribution in [3.8, 4) is 33.4 Å². The van der Waals surface area contributed by atoms with Crippen LogP contribution < -0.4 is 4.90 Å². The lowest BCUT2D eigenvalue weighted by atomic mass is 9.86. The van der Waals surface area contributed by atoms with Crippen molar-refractivity contribution in [1.29, 1.82) is 0 Å². The second kappa shape index (κ2) is 11.9. The molecular formula is C47H33N. The first kappa shape index (κ1) is 28.1. The smallest absolute Gasteiger partial charge is 0.0549 e. The van der Waals surface area contributed by atoms with Crippen LogP contribution in [0.25, 0.3) is 44.2 Å². The van der Waals surface area contributed by atoms with Crippen molar-refractivity contribution < 1.29 is 0 Å². The normalized spacial score (nSPS) is 13.2. The summed E-state index contributed by atoms with van der Waals surface area (Å²) in [5, 5.41) is 2.55. The molecule has 1 heteroatoms. The Labute approximate surface area is 282 Å². The average molecular weight is 612 g/mol. The summed E-state index contributed by atoms with van der Waals surface area (Å²) in [6.07, 6.45) is 0. The van der Waals surface area contributed by atoms with E-state index >= 15 is 0 Å². The highest BCUT2D eigenvalue weighted by Gasteiger charge is 2.35. The average Bonchev–Trinajstić information content (AvgIpc) is 3.52. The van der Waals surface area contributed by atoms with Gasteiger partial charge in [0.1, 0.15) is 0 Å². The number of hydrogen-bond acceptors (Lipinski definition) is 1. The van der Waals surface area contributed by atoms with Crippen LogP contribution in [0.1, 0.15) is 22.6 Å². The largest absolute Gasteiger partial charge is 0.310 e. The molecule has 1 aliphatic carbocycles. The number of fused-ring (bicyclic) bond motifs is 5. The van der Waals surface area contributed by atoms with Gasteiger partial charge in [-0.2, -0.15) is 0 Å². The molecule has 0 bridgehead atoms. The molecule has 8 aromatic carbocycles. The Morgan fingerprint density at radius 3 is 1.48 bits per heavy atom. The molecular weight excluding hydrogens is 579 g/mol. The first-order valence-corrected chi connectivity index (χ1v) is 16.6. The van der Waals surface area contributed by atoms with Crippen molar-refractivity contribution >= 4 is 27.8 Å². The van der Waals surface area contributed by atoms with Crippen LogP contribution in [-0.2, 0) is 0 Å². The summed E-state index contributed by atoms with van der Waals surface area (Å²) in [6, 6.07) is 70.6. The molecule has 1 atom stereocenters. The van der Waals surface area contributed by atoms with Crippen molar-refractivity contribution in [3.63, 3.8) is 0 Å². The van der Waals surface area contributed by atoms with Gasteiger partial charge in [0.15, 0.2) is 0 Å². The molecule has 8 aromatic rings. The third-order valence-corrected chi connectivity index (χ3v) is 9.74. The predicted octanol–water partition coefficient (Wildman–Crippen LogP) is 12.8. The van der Waals surface area contributed by atoms with Crippen LogP contribution in [0.4, 0.5) is 17.1 Å². The highest BCUT2D eigenvalue weighted by Crippen LogP contribution is 2.56. The Morgan fingerprint density at radius 1 is 0.396 bits per heavy atom. The van der Waals surface area contributed by atoms with Crippen molar-refractivity contribution in [3.05, 3.63) is 211 Å². The zero-order chi connectivity index (χ0) is 31.9. The molecule has 0 heterocycles. The minimum Gasteiger partial charge on any atom is -0.310 e. The Balaban J connectivity index is 1.30. The van der Waals surface area contributed by atoms with E-state index in [4.69, 9.17) is 0 Å². The molecule has 1 aliphatic rings. The zero-order valence-electron chi connectivity index (χ0n) is 26.5. The molecule has 9 rings (SSSR count). The Kier molecular flexibility index (Phi) is 6.95. The van der Waals surface area contributed by atoms with E-state index in [1.807, 2.05) is 0 Å². The van der Waals surface area contributed by atoms with Gasteiger partial charge in [-0.3, -0.25) is 0 Å². The first-order chi connectivity index (χ1) is 23.8. The summed E-state index contributed by atoms with van der Waals surface area (Å²) in [5.74, 6) is 0.144. The van der Waals surface area contributed by atoms with E-state index in [-0.39, 0.29) is 5.92 Å². The van der Waals surface area contributed by atoms with Gasteiger partial charge < -0.3 is 4.90 Å². The molecule has 0 saturated heterocycles. The van der Waals surface area contributed by atoms with E-state index in [1.165, 1.54) is 66.5 Å². The van der Waals surface area contributed by atoms with Crippen LogP contribution in [0.3, 0.4) is 0 Å². The lowest BCUT2D eigenvalue weighted by molar-refractivity contribution is 1.03. The molecule has 0 fully saturated rings. The fourth-order valence-electron chi connectivity index (χ4n) is 7.54. The standard InChI is InChI=1S/C47H33N/c1-4-14-33(15-5-1)35-24-28-39(29-25-35)48(40-30-26-36(27-31-40)34-16-6-2-7-17-34)44-32-38-20-10-11-21-41(38)47-45(37-18-8-3-9-19-37)42-22-12-13-23-43(42)46(44)47/h1-32,45H. The fraction of sp³-hybridized carbons (Fsp3) is 0.0213. The highest BCUT2D eigenvalue weighted by molar-refractivity contribution is 6.05. The van der Waals surface area contributed by atoms with Crippen LogP contribution in [-0.4, -0.2) is 0 Å². The third-order valence-electron chi connectivity index (χ3n) is 9.74. The van der Waals surface area contributed by atoms with Gasteiger partial charge in [0, 0.05) is 22.9 Å². The number of benzene rings is 8. The maximum Gasteiger partial charge on any atom is 0.0549 e. The second-order valence-corrected chi connectivity index (χ2v) is 12.5. The molecule has 0 aliphatic heterocycles. The number of hydrogen-bond donors (Lipinski definition) is 0. The van der Waals surface area contributed by atoms with Crippen molar-refractivity contribution in [2.45, 2.75) is 5.92 Å². The zero-order valence-corrected chi connectivity index (χ0v) is 26.5. The van der Waals surface area contributed by atoms with Gasteiger partial charge in [-0.25, -0.2) is 0 Å². The minimum absolute atomic E-state index is 0.144. The molecule has 0 amide bonds. The summed E-state index contributed by atoms with van der Waals surface area (Å²) in [6.45, 7) is 0. The Morgan fingerprint density at radius 2 is 0.875 bits per heavy atom. The Hall–Kier alpha value is -6.18. The Bertz CT molecular complexity index is 2280. The van der Waals surface area contributed by atoms with E-state index < -0.39 is 0 Å². The lowest BCUT2D eigenvalue weighted by Crippen LogP contribution is -2.12. The van der Waals surface area contributed by atoms with Gasteiger partial charge in [-0.15, -0.1) is 0 Å². The summed E-state index contributed by atoms with van der Waals surface area (Å²) in [4.78, 5) is 2.46. The van der Waals surface area contributed by atoms with E-state index in [9.17, 15) is 0 Å². The van der Waals surface area contributed by atoms with Crippen molar-refractivity contribution in [2.75, 3.05) is 4.90 Å². The molecule has 1 unspecified atom stereocenters. The summed E-state index contributed by atoms with van der Waals surface area (Å²) in [7, 11) is 0. The summed E-state index contributed by atoms with van der Waals surface area (Å²) in [5.41, 5.74) is 14.9. The van der Waals surface area contributed by atoms with E-state index in [1.54, 1.807) is 0 Å². The van der Waals surface area contributed by atoms with Crippen LogP contribution >= 0.6 is 0 Å². The van der Waals surface area contributed by atoms with Gasteiger partial charge in [0.2, 0.25) is 0 Å². The van der Waals surface area contributed by atoms with E-state index in [2.05, 4.69) is 199 Å². The van der Waals surface area contributed by atoms with E-state index in [0.29, 0.717) is 0 Å². The molecule has 226 valence electrons. The fourth-order valence-corrected chi connectivity index (χ4v) is 7.54. The lowest BCUT2D eigenvalue weighted by Gasteiger charge is -2.29. The molecule has 0 aromatic heterocycles. The molecule has 1 nitrogen and oxygen atoms in total. The SMILES string of the molecule is c1ccc(-c2ccc(N(c3ccc(-c4ccccc4)cc3)c3cc4ccccc4c4c3-c3ccccc3C4c3ccccc3)cc2)cc1. The van der Waals surface area contributed by atoms with Crippen molar-refractivity contribution in [1.82, 2.24) is 0 Å². The van der Waals surface area contributed by atoms with Gasteiger partial charge in [-0.05, 0) is 85.6 Å². The van der Waals surface area contributed by atoms with Gasteiger partial charge in [-0.1, -0.05) is 164 Å². The quantitative estimate of drug-likeness (QED) is 0.181. The first-order valence-electron chi connectivity index (χ1n) is 16.6. The second-order valence-electron chi connectivity index (χ2n) is 12.5. The molecule has 48 heavy (non-hydrogen) atoms. The summed E-state index contributed by atoms with van der Waals surface area (Å²) >= 11 is 0. The van der Waals surface area contributed by atoms with Crippen LogP contribution in [0.15, 0.2) is 194 Å². The highest BCUT2D eigenvalue weighted by atomic mass is 15.1. The molecule has 0 saturated carbocycles. The monoisotopic (exact) mass is 611 g/mol. The van der Waals surface area contributed by atoms with Gasteiger partial charge in [0.05, 0.1) is 5.69 Å². The van der Waals surface area contributed by atoms with Gasteiger partial charge >= 0.3 is 0 Å². The molecule has 0 radical (unpaired) electrons. The van der Waals surface area contributed by atoms with Crippen LogP contribution in [0.5, 0.6) is 0 Å².